The predicted molar refractivity (Wildman–Crippen MR) is 110 cm³/mol. The van der Waals surface area contributed by atoms with Crippen LogP contribution in [-0.4, -0.2) is 47.5 Å². The molecule has 0 aliphatic carbocycles. The summed E-state index contributed by atoms with van der Waals surface area (Å²) in [6.45, 7) is 3.88. The third-order valence-corrected chi connectivity index (χ3v) is 5.32. The van der Waals surface area contributed by atoms with Crippen LogP contribution in [0.15, 0.2) is 42.7 Å². The first kappa shape index (κ1) is 18.9. The molecule has 0 saturated heterocycles. The number of methoxy groups -OCH3 is 1. The number of ether oxygens (including phenoxy) is 4. The minimum atomic E-state index is 0.0638. The van der Waals surface area contributed by atoms with Crippen LogP contribution in [0.4, 0.5) is 0 Å². The fourth-order valence-corrected chi connectivity index (χ4v) is 3.75. The molecule has 1 aromatic carbocycles. The van der Waals surface area contributed by atoms with Gasteiger partial charge in [-0.05, 0) is 23.8 Å². The summed E-state index contributed by atoms with van der Waals surface area (Å²) < 4.78 is 24.7. The Morgan fingerprint density at radius 2 is 2.00 bits per heavy atom. The van der Waals surface area contributed by atoms with Crippen LogP contribution in [-0.2, 0) is 24.4 Å². The molecule has 5 rings (SSSR count). The summed E-state index contributed by atoms with van der Waals surface area (Å²) in [6, 6.07) is 9.92. The van der Waals surface area contributed by atoms with Gasteiger partial charge in [-0.3, -0.25) is 0 Å². The van der Waals surface area contributed by atoms with Gasteiger partial charge in [0.2, 0.25) is 5.88 Å². The van der Waals surface area contributed by atoms with E-state index in [0.29, 0.717) is 25.7 Å². The van der Waals surface area contributed by atoms with Gasteiger partial charge in [0.05, 0.1) is 31.6 Å². The van der Waals surface area contributed by atoms with E-state index in [-0.39, 0.29) is 6.10 Å². The number of hydrogen-bond acceptors (Lipinski definition) is 7. The van der Waals surface area contributed by atoms with Crippen LogP contribution >= 0.6 is 0 Å². The first-order valence-electron chi connectivity index (χ1n) is 10.1. The van der Waals surface area contributed by atoms with E-state index in [1.807, 2.05) is 36.7 Å². The van der Waals surface area contributed by atoms with E-state index < -0.39 is 0 Å². The summed E-state index contributed by atoms with van der Waals surface area (Å²) in [5, 5.41) is 3.46. The largest absolute Gasteiger partial charge is 0.486 e. The van der Waals surface area contributed by atoms with Gasteiger partial charge in [0, 0.05) is 30.9 Å². The van der Waals surface area contributed by atoms with Crippen molar-refractivity contribution in [1.82, 2.24) is 19.9 Å². The summed E-state index contributed by atoms with van der Waals surface area (Å²) in [6.07, 6.45) is 3.79. The van der Waals surface area contributed by atoms with E-state index in [0.717, 1.165) is 53.8 Å². The minimum absolute atomic E-state index is 0.0638. The summed E-state index contributed by atoms with van der Waals surface area (Å²) in [5.41, 5.74) is 3.23. The molecule has 2 aliphatic rings. The highest BCUT2D eigenvalue weighted by atomic mass is 16.6. The molecule has 8 heteroatoms. The zero-order valence-electron chi connectivity index (χ0n) is 16.8. The lowest BCUT2D eigenvalue weighted by molar-refractivity contribution is 0.00325. The number of nitrogens with one attached hydrogen (secondary N) is 1. The number of aromatic nitrogens is 3. The first-order valence-corrected chi connectivity index (χ1v) is 10.1. The van der Waals surface area contributed by atoms with Crippen LogP contribution in [0.3, 0.4) is 0 Å². The van der Waals surface area contributed by atoms with Gasteiger partial charge in [0.1, 0.15) is 25.6 Å². The van der Waals surface area contributed by atoms with E-state index >= 15 is 0 Å². The highest BCUT2D eigenvalue weighted by molar-refractivity contribution is 5.64. The highest BCUT2D eigenvalue weighted by Gasteiger charge is 2.23. The van der Waals surface area contributed by atoms with Gasteiger partial charge < -0.3 is 28.8 Å². The van der Waals surface area contributed by atoms with Crippen molar-refractivity contribution < 1.29 is 18.9 Å². The summed E-state index contributed by atoms with van der Waals surface area (Å²) in [4.78, 5) is 8.79. The number of rotatable bonds is 6. The fourth-order valence-electron chi connectivity index (χ4n) is 3.75. The molecule has 2 aliphatic heterocycles. The number of fused-ring (bicyclic) bond motifs is 2. The normalized spacial score (nSPS) is 17.4. The highest BCUT2D eigenvalue weighted by Crippen LogP contribution is 2.35. The molecule has 1 N–H and O–H groups in total. The van der Waals surface area contributed by atoms with Gasteiger partial charge >= 0.3 is 0 Å². The minimum Gasteiger partial charge on any atom is -0.486 e. The maximum Gasteiger partial charge on any atom is 0.212 e. The molecule has 1 atom stereocenters. The average Bonchev–Trinajstić information content (AvgIpc) is 3.22. The zero-order valence-corrected chi connectivity index (χ0v) is 16.8. The topological polar surface area (TPSA) is 79.7 Å². The van der Waals surface area contributed by atoms with E-state index in [9.17, 15) is 0 Å². The Labute approximate surface area is 174 Å². The molecule has 0 spiro atoms. The molecule has 2 aromatic heterocycles. The molecular formula is C22H24N4O4. The number of pyridine rings is 1. The summed E-state index contributed by atoms with van der Waals surface area (Å²) >= 11 is 0. The van der Waals surface area contributed by atoms with Gasteiger partial charge in [-0.15, -0.1) is 0 Å². The number of benzene rings is 1. The van der Waals surface area contributed by atoms with Gasteiger partial charge in [-0.2, -0.15) is 0 Å². The second kappa shape index (κ2) is 8.33. The lowest BCUT2D eigenvalue weighted by atomic mass is 10.1. The summed E-state index contributed by atoms with van der Waals surface area (Å²) in [5.74, 6) is 3.14. The van der Waals surface area contributed by atoms with Crippen LogP contribution in [0, 0.1) is 0 Å². The van der Waals surface area contributed by atoms with Crippen LogP contribution in [0.1, 0.15) is 11.4 Å². The lowest BCUT2D eigenvalue weighted by Crippen LogP contribution is -2.36. The molecule has 0 bridgehead atoms. The standard InChI is InChI=1S/C22H24N4O4/c1-27-22-5-2-15(10-25-22)9-23-11-17-13-26-18(12-24-21(26)14-30-17)16-3-4-19-20(8-16)29-7-6-28-19/h2-5,8,10,12,17,23H,6-7,9,11,13-14H2,1H3. The van der Waals surface area contributed by atoms with Crippen molar-refractivity contribution in [3.05, 3.63) is 54.1 Å². The Kier molecular flexibility index (Phi) is 5.25. The maximum absolute atomic E-state index is 5.99. The van der Waals surface area contributed by atoms with Crippen LogP contribution in [0.5, 0.6) is 17.4 Å². The molecule has 1 unspecified atom stereocenters. The van der Waals surface area contributed by atoms with Gasteiger partial charge in [0.25, 0.3) is 0 Å². The molecule has 0 saturated carbocycles. The van der Waals surface area contributed by atoms with Crippen LogP contribution in [0.25, 0.3) is 11.3 Å². The molecular weight excluding hydrogens is 384 g/mol. The predicted octanol–water partition coefficient (Wildman–Crippen LogP) is 2.41. The number of hydrogen-bond donors (Lipinski definition) is 1. The SMILES string of the molecule is COc1ccc(CNCC2Cn3c(-c4ccc5c(c4)OCCO5)cnc3CO2)cn1. The van der Waals surface area contributed by atoms with Crippen molar-refractivity contribution in [3.8, 4) is 28.6 Å². The third kappa shape index (κ3) is 3.83. The number of nitrogens with zero attached hydrogens (tertiary/aromatic N) is 3. The van der Waals surface area contributed by atoms with E-state index in [1.54, 1.807) is 7.11 Å². The Bertz CT molecular complexity index is 1020. The second-order valence-electron chi connectivity index (χ2n) is 7.30. The van der Waals surface area contributed by atoms with Crippen molar-refractivity contribution in [2.45, 2.75) is 25.8 Å². The Morgan fingerprint density at radius 1 is 1.10 bits per heavy atom. The van der Waals surface area contributed by atoms with Gasteiger partial charge in [-0.25, -0.2) is 9.97 Å². The zero-order chi connectivity index (χ0) is 20.3. The Balaban J connectivity index is 1.24. The molecule has 156 valence electrons. The summed E-state index contributed by atoms with van der Waals surface area (Å²) in [7, 11) is 1.62. The lowest BCUT2D eigenvalue weighted by Gasteiger charge is -2.26. The third-order valence-electron chi connectivity index (χ3n) is 5.32. The second-order valence-corrected chi connectivity index (χ2v) is 7.30. The van der Waals surface area contributed by atoms with Crippen LogP contribution in [0.2, 0.25) is 0 Å². The van der Waals surface area contributed by atoms with E-state index in [2.05, 4.69) is 25.9 Å². The molecule has 0 amide bonds. The van der Waals surface area contributed by atoms with Gasteiger partial charge in [-0.1, -0.05) is 6.07 Å². The molecule has 4 heterocycles. The van der Waals surface area contributed by atoms with E-state index in [1.165, 1.54) is 0 Å². The van der Waals surface area contributed by atoms with Crippen molar-refractivity contribution >= 4 is 0 Å². The van der Waals surface area contributed by atoms with Crippen molar-refractivity contribution in [2.75, 3.05) is 26.9 Å². The molecule has 30 heavy (non-hydrogen) atoms. The van der Waals surface area contributed by atoms with E-state index in [4.69, 9.17) is 18.9 Å². The molecule has 8 nitrogen and oxygen atoms in total. The quantitative estimate of drug-likeness (QED) is 0.671. The Morgan fingerprint density at radius 3 is 2.83 bits per heavy atom. The van der Waals surface area contributed by atoms with Crippen molar-refractivity contribution in [3.63, 3.8) is 0 Å². The Hall–Kier alpha value is -3.10. The first-order chi connectivity index (χ1) is 14.8. The molecule has 3 aromatic rings. The van der Waals surface area contributed by atoms with Crippen molar-refractivity contribution in [1.29, 1.82) is 0 Å². The monoisotopic (exact) mass is 408 g/mol. The molecule has 0 fully saturated rings. The molecule has 0 radical (unpaired) electrons. The fraction of sp³-hybridized carbons (Fsp3) is 0.364. The smallest absolute Gasteiger partial charge is 0.212 e. The maximum atomic E-state index is 5.99. The van der Waals surface area contributed by atoms with Crippen molar-refractivity contribution in [2.24, 2.45) is 0 Å². The average molecular weight is 408 g/mol. The van der Waals surface area contributed by atoms with Crippen LogP contribution < -0.4 is 19.5 Å². The number of imidazole rings is 1. The van der Waals surface area contributed by atoms with Gasteiger partial charge in [0.15, 0.2) is 11.5 Å².